The lowest BCUT2D eigenvalue weighted by Gasteiger charge is -2.15. The Morgan fingerprint density at radius 3 is 2.69 bits per heavy atom. The minimum atomic E-state index is 0.199. The molecule has 1 rings (SSSR count). The summed E-state index contributed by atoms with van der Waals surface area (Å²) < 4.78 is 0. The fourth-order valence-corrected chi connectivity index (χ4v) is 1.95. The van der Waals surface area contributed by atoms with Gasteiger partial charge in [0.25, 0.3) is 0 Å². The number of hydrogen-bond donors (Lipinski definition) is 2. The quantitative estimate of drug-likeness (QED) is 0.576. The van der Waals surface area contributed by atoms with Gasteiger partial charge in [0.2, 0.25) is 0 Å². The first-order valence-corrected chi connectivity index (χ1v) is 5.39. The average molecular weight is 199 g/mol. The number of nitrogens with zero attached hydrogens (tertiary/aromatic N) is 1. The molecule has 4 heteroatoms. The Morgan fingerprint density at radius 1 is 1.62 bits per heavy atom. The molecule has 0 bridgehead atoms. The van der Waals surface area contributed by atoms with E-state index in [2.05, 4.69) is 29.6 Å². The van der Waals surface area contributed by atoms with E-state index >= 15 is 0 Å². The second-order valence-electron chi connectivity index (χ2n) is 3.64. The third-order valence-electron chi connectivity index (χ3n) is 1.90. The molecule has 0 saturated heterocycles. The molecule has 13 heavy (non-hydrogen) atoms. The van der Waals surface area contributed by atoms with Crippen molar-refractivity contribution in [2.75, 3.05) is 0 Å². The van der Waals surface area contributed by atoms with Crippen LogP contribution in [-0.2, 0) is 0 Å². The Labute approximate surface area is 83.3 Å². The van der Waals surface area contributed by atoms with Crippen LogP contribution >= 0.6 is 11.3 Å². The maximum absolute atomic E-state index is 5.48. The van der Waals surface area contributed by atoms with Crippen molar-refractivity contribution < 1.29 is 0 Å². The van der Waals surface area contributed by atoms with Crippen molar-refractivity contribution in [3.8, 4) is 0 Å². The smallest absolute Gasteiger partial charge is 0.0898 e. The summed E-state index contributed by atoms with van der Waals surface area (Å²) >= 11 is 1.67. The number of aryl methyl sites for hydroxylation is 1. The molecule has 0 aromatic carbocycles. The average Bonchev–Trinajstić information content (AvgIpc) is 2.47. The van der Waals surface area contributed by atoms with E-state index in [1.807, 2.05) is 6.92 Å². The zero-order valence-electron chi connectivity index (χ0n) is 8.37. The number of rotatable bonds is 4. The predicted molar refractivity (Wildman–Crippen MR) is 56.4 cm³/mol. The second-order valence-corrected chi connectivity index (χ2v) is 4.70. The lowest BCUT2D eigenvalue weighted by molar-refractivity contribution is 0.431. The molecule has 74 valence electrons. The molecule has 3 nitrogen and oxygen atoms in total. The summed E-state index contributed by atoms with van der Waals surface area (Å²) in [5.41, 5.74) is 3.88. The highest BCUT2D eigenvalue weighted by molar-refractivity contribution is 7.09. The number of nitrogens with two attached hydrogens (primary N) is 1. The zero-order chi connectivity index (χ0) is 9.84. The lowest BCUT2D eigenvalue weighted by atomic mass is 10.0. The van der Waals surface area contributed by atoms with E-state index in [4.69, 9.17) is 5.84 Å². The Balaban J connectivity index is 2.66. The van der Waals surface area contributed by atoms with Crippen LogP contribution in [0.15, 0.2) is 5.38 Å². The van der Waals surface area contributed by atoms with Crippen molar-refractivity contribution in [1.29, 1.82) is 0 Å². The molecule has 0 amide bonds. The van der Waals surface area contributed by atoms with Crippen LogP contribution in [0.1, 0.15) is 37.0 Å². The fourth-order valence-electron chi connectivity index (χ4n) is 1.29. The number of hydrazine groups is 1. The van der Waals surface area contributed by atoms with Crippen LogP contribution in [0.2, 0.25) is 0 Å². The molecule has 1 heterocycles. The van der Waals surface area contributed by atoms with Crippen LogP contribution in [0.5, 0.6) is 0 Å². The van der Waals surface area contributed by atoms with Crippen LogP contribution < -0.4 is 11.3 Å². The van der Waals surface area contributed by atoms with E-state index < -0.39 is 0 Å². The van der Waals surface area contributed by atoms with Gasteiger partial charge in [-0.1, -0.05) is 13.8 Å². The van der Waals surface area contributed by atoms with Crippen molar-refractivity contribution >= 4 is 11.3 Å². The van der Waals surface area contributed by atoms with Gasteiger partial charge in [0.1, 0.15) is 0 Å². The molecule has 1 aromatic heterocycles. The van der Waals surface area contributed by atoms with Crippen LogP contribution in [0.4, 0.5) is 0 Å². The van der Waals surface area contributed by atoms with Crippen LogP contribution in [0.25, 0.3) is 0 Å². The van der Waals surface area contributed by atoms with Gasteiger partial charge >= 0.3 is 0 Å². The first kappa shape index (κ1) is 10.6. The molecule has 0 radical (unpaired) electrons. The van der Waals surface area contributed by atoms with Crippen molar-refractivity contribution in [2.24, 2.45) is 11.8 Å². The van der Waals surface area contributed by atoms with Gasteiger partial charge in [0.05, 0.1) is 16.7 Å². The highest BCUT2D eigenvalue weighted by Crippen LogP contribution is 2.21. The van der Waals surface area contributed by atoms with E-state index in [0.717, 1.165) is 17.1 Å². The summed E-state index contributed by atoms with van der Waals surface area (Å²) in [5.74, 6) is 6.10. The first-order valence-electron chi connectivity index (χ1n) is 4.51. The van der Waals surface area contributed by atoms with Crippen LogP contribution in [0.3, 0.4) is 0 Å². The maximum atomic E-state index is 5.48. The third kappa shape index (κ3) is 3.06. The first-order chi connectivity index (χ1) is 6.13. The molecule has 1 unspecified atom stereocenters. The molecule has 1 aromatic rings. The van der Waals surface area contributed by atoms with Crippen molar-refractivity contribution in [2.45, 2.75) is 33.2 Å². The summed E-state index contributed by atoms with van der Waals surface area (Å²) in [7, 11) is 0. The molecular formula is C9H17N3S. The minimum Gasteiger partial charge on any atom is -0.271 e. The molecule has 0 saturated carbocycles. The number of aromatic nitrogens is 1. The molecule has 3 N–H and O–H groups in total. The summed E-state index contributed by atoms with van der Waals surface area (Å²) in [4.78, 5) is 4.41. The Bertz CT molecular complexity index is 257. The minimum absolute atomic E-state index is 0.199. The standard InChI is InChI=1S/C9H17N3S/c1-6(2)4-8(12-10)9-5-13-7(3)11-9/h5-6,8,12H,4,10H2,1-3H3. The highest BCUT2D eigenvalue weighted by atomic mass is 32.1. The van der Waals surface area contributed by atoms with E-state index in [9.17, 15) is 0 Å². The fraction of sp³-hybridized carbons (Fsp3) is 0.667. The molecular weight excluding hydrogens is 182 g/mol. The van der Waals surface area contributed by atoms with Gasteiger partial charge < -0.3 is 0 Å². The number of nitrogens with one attached hydrogen (secondary N) is 1. The summed E-state index contributed by atoms with van der Waals surface area (Å²) in [6.45, 7) is 6.38. The number of thiazole rings is 1. The monoisotopic (exact) mass is 199 g/mol. The van der Waals surface area contributed by atoms with Gasteiger partial charge in [-0.05, 0) is 19.3 Å². The van der Waals surface area contributed by atoms with E-state index in [0.29, 0.717) is 5.92 Å². The molecule has 0 aliphatic rings. The topological polar surface area (TPSA) is 50.9 Å². The SMILES string of the molecule is Cc1nc(C(CC(C)C)NN)cs1. The van der Waals surface area contributed by atoms with E-state index in [-0.39, 0.29) is 6.04 Å². The van der Waals surface area contributed by atoms with Crippen molar-refractivity contribution in [3.63, 3.8) is 0 Å². The van der Waals surface area contributed by atoms with Crippen LogP contribution in [-0.4, -0.2) is 4.98 Å². The van der Waals surface area contributed by atoms with Gasteiger partial charge in [-0.2, -0.15) is 0 Å². The number of hydrogen-bond acceptors (Lipinski definition) is 4. The summed E-state index contributed by atoms with van der Waals surface area (Å²) in [6, 6.07) is 0.199. The van der Waals surface area contributed by atoms with Crippen LogP contribution in [0, 0.1) is 12.8 Å². The molecule has 0 spiro atoms. The lowest BCUT2D eigenvalue weighted by Crippen LogP contribution is -2.29. The Morgan fingerprint density at radius 2 is 2.31 bits per heavy atom. The van der Waals surface area contributed by atoms with Gasteiger partial charge in [0, 0.05) is 5.38 Å². The van der Waals surface area contributed by atoms with Crippen molar-refractivity contribution in [1.82, 2.24) is 10.4 Å². The second kappa shape index (κ2) is 4.69. The molecule has 1 atom stereocenters. The molecule has 0 aliphatic heterocycles. The normalized spacial score (nSPS) is 13.6. The van der Waals surface area contributed by atoms with Gasteiger partial charge in [-0.25, -0.2) is 4.98 Å². The van der Waals surface area contributed by atoms with E-state index in [1.165, 1.54) is 0 Å². The predicted octanol–water partition coefficient (Wildman–Crippen LogP) is 2.00. The van der Waals surface area contributed by atoms with Gasteiger partial charge in [-0.15, -0.1) is 11.3 Å². The van der Waals surface area contributed by atoms with E-state index in [1.54, 1.807) is 11.3 Å². The maximum Gasteiger partial charge on any atom is 0.0898 e. The largest absolute Gasteiger partial charge is 0.271 e. The Kier molecular flexibility index (Phi) is 3.84. The summed E-state index contributed by atoms with van der Waals surface area (Å²) in [5, 5.41) is 3.17. The molecule has 0 fully saturated rings. The third-order valence-corrected chi connectivity index (χ3v) is 2.69. The van der Waals surface area contributed by atoms with Gasteiger partial charge in [0.15, 0.2) is 0 Å². The zero-order valence-corrected chi connectivity index (χ0v) is 9.19. The van der Waals surface area contributed by atoms with Crippen molar-refractivity contribution in [3.05, 3.63) is 16.1 Å². The highest BCUT2D eigenvalue weighted by Gasteiger charge is 2.13. The molecule has 0 aliphatic carbocycles. The summed E-state index contributed by atoms with van der Waals surface area (Å²) in [6.07, 6.45) is 1.03. The Hall–Kier alpha value is -0.450. The van der Waals surface area contributed by atoms with Gasteiger partial charge in [-0.3, -0.25) is 11.3 Å².